The van der Waals surface area contributed by atoms with Gasteiger partial charge in [-0.3, -0.25) is 4.79 Å². The number of hydrogen-bond acceptors (Lipinski definition) is 2. The first-order valence-corrected chi connectivity index (χ1v) is 7.43. The summed E-state index contributed by atoms with van der Waals surface area (Å²) in [6, 6.07) is 10.9. The lowest BCUT2D eigenvalue weighted by Gasteiger charge is -2.31. The number of carbonyl (C=O) groups is 1. The number of benzene rings is 1. The summed E-state index contributed by atoms with van der Waals surface area (Å²) in [7, 11) is 0. The SMILES string of the molecule is O=C(NC1CC1)[C@H](c1ccccc1)[C@H]1CCCCN1. The van der Waals surface area contributed by atoms with Gasteiger partial charge in [0, 0.05) is 12.1 Å². The Hall–Kier alpha value is -1.35. The van der Waals surface area contributed by atoms with Crippen molar-refractivity contribution < 1.29 is 4.79 Å². The van der Waals surface area contributed by atoms with E-state index in [1.807, 2.05) is 18.2 Å². The second-order valence-corrected chi connectivity index (χ2v) is 5.73. The molecule has 3 nitrogen and oxygen atoms in total. The highest BCUT2D eigenvalue weighted by Gasteiger charge is 2.33. The molecule has 2 N–H and O–H groups in total. The first kappa shape index (κ1) is 12.7. The monoisotopic (exact) mass is 258 g/mol. The van der Waals surface area contributed by atoms with E-state index in [1.165, 1.54) is 12.8 Å². The summed E-state index contributed by atoms with van der Waals surface area (Å²) in [5.41, 5.74) is 1.14. The highest BCUT2D eigenvalue weighted by molar-refractivity contribution is 5.85. The largest absolute Gasteiger partial charge is 0.353 e. The predicted molar refractivity (Wildman–Crippen MR) is 76.0 cm³/mol. The van der Waals surface area contributed by atoms with Crippen molar-refractivity contribution in [1.29, 1.82) is 0 Å². The van der Waals surface area contributed by atoms with E-state index in [9.17, 15) is 4.79 Å². The topological polar surface area (TPSA) is 41.1 Å². The zero-order valence-electron chi connectivity index (χ0n) is 11.3. The van der Waals surface area contributed by atoms with E-state index in [4.69, 9.17) is 0 Å². The van der Waals surface area contributed by atoms with Gasteiger partial charge in [-0.05, 0) is 37.8 Å². The molecule has 102 valence electrons. The van der Waals surface area contributed by atoms with Crippen molar-refractivity contribution in [2.75, 3.05) is 6.54 Å². The molecule has 1 aliphatic carbocycles. The molecule has 3 heteroatoms. The van der Waals surface area contributed by atoms with Gasteiger partial charge in [-0.1, -0.05) is 36.8 Å². The van der Waals surface area contributed by atoms with Gasteiger partial charge in [-0.2, -0.15) is 0 Å². The van der Waals surface area contributed by atoms with Gasteiger partial charge in [-0.15, -0.1) is 0 Å². The van der Waals surface area contributed by atoms with E-state index in [1.54, 1.807) is 0 Å². The fourth-order valence-electron chi connectivity index (χ4n) is 2.91. The maximum absolute atomic E-state index is 12.5. The van der Waals surface area contributed by atoms with Crippen LogP contribution in [0.2, 0.25) is 0 Å². The molecule has 3 rings (SSSR count). The van der Waals surface area contributed by atoms with Gasteiger partial charge in [0.05, 0.1) is 5.92 Å². The Morgan fingerprint density at radius 2 is 1.95 bits per heavy atom. The number of rotatable bonds is 4. The Kier molecular flexibility index (Phi) is 3.83. The molecule has 2 aliphatic rings. The zero-order chi connectivity index (χ0) is 13.1. The quantitative estimate of drug-likeness (QED) is 0.869. The third-order valence-electron chi connectivity index (χ3n) is 4.12. The van der Waals surface area contributed by atoms with Crippen LogP contribution < -0.4 is 10.6 Å². The van der Waals surface area contributed by atoms with Crippen LogP contribution in [0.25, 0.3) is 0 Å². The summed E-state index contributed by atoms with van der Waals surface area (Å²) in [6.45, 7) is 1.03. The van der Waals surface area contributed by atoms with Crippen LogP contribution in [0.5, 0.6) is 0 Å². The molecule has 2 atom stereocenters. The molecule has 1 saturated carbocycles. The highest BCUT2D eigenvalue weighted by atomic mass is 16.2. The molecular formula is C16H22N2O. The first-order chi connectivity index (χ1) is 9.34. The molecule has 0 unspecified atom stereocenters. The molecule has 1 aromatic carbocycles. The van der Waals surface area contributed by atoms with Crippen LogP contribution in [0, 0.1) is 0 Å². The molecule has 1 amide bonds. The van der Waals surface area contributed by atoms with Gasteiger partial charge in [-0.25, -0.2) is 0 Å². The average Bonchev–Trinajstić information content (AvgIpc) is 3.25. The summed E-state index contributed by atoms with van der Waals surface area (Å²) in [5.74, 6) is 0.162. The van der Waals surface area contributed by atoms with Crippen LogP contribution in [-0.4, -0.2) is 24.5 Å². The smallest absolute Gasteiger partial charge is 0.229 e. The van der Waals surface area contributed by atoms with E-state index < -0.39 is 0 Å². The lowest BCUT2D eigenvalue weighted by atomic mass is 9.86. The minimum Gasteiger partial charge on any atom is -0.353 e. The summed E-state index contributed by atoms with van der Waals surface area (Å²) in [6.07, 6.45) is 5.83. The average molecular weight is 258 g/mol. The number of piperidine rings is 1. The maximum atomic E-state index is 12.5. The molecule has 19 heavy (non-hydrogen) atoms. The molecule has 0 spiro atoms. The minimum absolute atomic E-state index is 0.0397. The maximum Gasteiger partial charge on any atom is 0.229 e. The van der Waals surface area contributed by atoms with Crippen LogP contribution in [-0.2, 0) is 4.79 Å². The van der Waals surface area contributed by atoms with Crippen LogP contribution in [0.4, 0.5) is 0 Å². The molecule has 1 aromatic rings. The Morgan fingerprint density at radius 1 is 1.16 bits per heavy atom. The Bertz CT molecular complexity index is 422. The number of nitrogens with one attached hydrogen (secondary N) is 2. The number of amides is 1. The fraction of sp³-hybridized carbons (Fsp3) is 0.562. The summed E-state index contributed by atoms with van der Waals surface area (Å²) in [5, 5.41) is 6.70. The zero-order valence-corrected chi connectivity index (χ0v) is 11.3. The molecule has 2 fully saturated rings. The van der Waals surface area contributed by atoms with Crippen molar-refractivity contribution >= 4 is 5.91 Å². The van der Waals surface area contributed by atoms with Crippen LogP contribution in [0.1, 0.15) is 43.6 Å². The highest BCUT2D eigenvalue weighted by Crippen LogP contribution is 2.27. The van der Waals surface area contributed by atoms with Gasteiger partial charge in [0.2, 0.25) is 5.91 Å². The second kappa shape index (κ2) is 5.74. The van der Waals surface area contributed by atoms with Gasteiger partial charge in [0.15, 0.2) is 0 Å². The van der Waals surface area contributed by atoms with Crippen molar-refractivity contribution in [3.8, 4) is 0 Å². The van der Waals surface area contributed by atoms with Gasteiger partial charge >= 0.3 is 0 Å². The standard InChI is InChI=1S/C16H22N2O/c19-16(18-13-9-10-13)15(12-6-2-1-3-7-12)14-8-4-5-11-17-14/h1-3,6-7,13-15,17H,4-5,8-11H2,(H,18,19)/t14-,15-/m1/s1. The Labute approximate surface area is 114 Å². The molecule has 1 heterocycles. The first-order valence-electron chi connectivity index (χ1n) is 7.43. The van der Waals surface area contributed by atoms with Crippen LogP contribution in [0.3, 0.4) is 0 Å². The number of hydrogen-bond donors (Lipinski definition) is 2. The van der Waals surface area contributed by atoms with Crippen molar-refractivity contribution in [3.63, 3.8) is 0 Å². The Balaban J connectivity index is 1.79. The van der Waals surface area contributed by atoms with Gasteiger partial charge in [0.1, 0.15) is 0 Å². The normalized spacial score (nSPS) is 24.7. The van der Waals surface area contributed by atoms with E-state index in [2.05, 4.69) is 22.8 Å². The molecule has 1 saturated heterocycles. The molecule has 0 bridgehead atoms. The van der Waals surface area contributed by atoms with Crippen molar-refractivity contribution in [2.45, 2.75) is 50.1 Å². The van der Waals surface area contributed by atoms with Crippen molar-refractivity contribution in [3.05, 3.63) is 35.9 Å². The van der Waals surface area contributed by atoms with E-state index in [0.29, 0.717) is 6.04 Å². The summed E-state index contributed by atoms with van der Waals surface area (Å²) >= 11 is 0. The van der Waals surface area contributed by atoms with E-state index >= 15 is 0 Å². The number of carbonyl (C=O) groups excluding carboxylic acids is 1. The minimum atomic E-state index is -0.0397. The lowest BCUT2D eigenvalue weighted by molar-refractivity contribution is -0.123. The molecular weight excluding hydrogens is 236 g/mol. The molecule has 0 aromatic heterocycles. The lowest BCUT2D eigenvalue weighted by Crippen LogP contribution is -2.45. The third-order valence-corrected chi connectivity index (χ3v) is 4.12. The Morgan fingerprint density at radius 3 is 2.58 bits per heavy atom. The summed E-state index contributed by atoms with van der Waals surface area (Å²) in [4.78, 5) is 12.5. The summed E-state index contributed by atoms with van der Waals surface area (Å²) < 4.78 is 0. The molecule has 0 radical (unpaired) electrons. The van der Waals surface area contributed by atoms with Gasteiger partial charge < -0.3 is 10.6 Å². The van der Waals surface area contributed by atoms with E-state index in [-0.39, 0.29) is 17.9 Å². The van der Waals surface area contributed by atoms with Crippen LogP contribution in [0.15, 0.2) is 30.3 Å². The van der Waals surface area contributed by atoms with Crippen molar-refractivity contribution in [2.24, 2.45) is 0 Å². The third kappa shape index (κ3) is 3.16. The van der Waals surface area contributed by atoms with E-state index in [0.717, 1.165) is 31.4 Å². The molecule has 1 aliphatic heterocycles. The van der Waals surface area contributed by atoms with Crippen molar-refractivity contribution in [1.82, 2.24) is 10.6 Å². The van der Waals surface area contributed by atoms with Gasteiger partial charge in [0.25, 0.3) is 0 Å². The fourth-order valence-corrected chi connectivity index (χ4v) is 2.91. The predicted octanol–water partition coefficient (Wildman–Crippen LogP) is 2.19. The van der Waals surface area contributed by atoms with Crippen LogP contribution >= 0.6 is 0 Å². The second-order valence-electron chi connectivity index (χ2n) is 5.73.